The standard InChI is InChI=1S/C19H27N5O4/c1-26-12-7-19(5-10-24(11-6-19)18(25)21-9-13-27-2)17-22-16(28-23-17)15-4-3-8-20-14-15/h3-4,8,14H,5-7,9-13H2,1-2H3,(H,21,25). The first-order chi connectivity index (χ1) is 13.7. The van der Waals surface area contributed by atoms with Crippen LogP contribution in [0.5, 0.6) is 0 Å². The molecule has 0 aliphatic carbocycles. The van der Waals surface area contributed by atoms with E-state index in [-0.39, 0.29) is 11.4 Å². The zero-order valence-corrected chi connectivity index (χ0v) is 16.4. The maximum absolute atomic E-state index is 12.3. The predicted molar refractivity (Wildman–Crippen MR) is 102 cm³/mol. The molecule has 0 spiro atoms. The molecule has 3 heterocycles. The van der Waals surface area contributed by atoms with Gasteiger partial charge in [0, 0.05) is 58.3 Å². The van der Waals surface area contributed by atoms with Crippen LogP contribution < -0.4 is 5.32 Å². The van der Waals surface area contributed by atoms with Crippen LogP contribution >= 0.6 is 0 Å². The molecule has 0 saturated carbocycles. The van der Waals surface area contributed by atoms with E-state index in [1.807, 2.05) is 17.0 Å². The van der Waals surface area contributed by atoms with Gasteiger partial charge in [-0.3, -0.25) is 4.98 Å². The van der Waals surface area contributed by atoms with Gasteiger partial charge in [-0.25, -0.2) is 4.79 Å². The molecule has 0 aromatic carbocycles. The second-order valence-corrected chi connectivity index (χ2v) is 6.90. The molecule has 0 atom stereocenters. The number of urea groups is 1. The summed E-state index contributed by atoms with van der Waals surface area (Å²) in [5.74, 6) is 1.13. The zero-order valence-electron chi connectivity index (χ0n) is 16.4. The van der Waals surface area contributed by atoms with Gasteiger partial charge in [0.25, 0.3) is 5.89 Å². The Kier molecular flexibility index (Phi) is 6.94. The highest BCUT2D eigenvalue weighted by Gasteiger charge is 2.41. The number of carbonyl (C=O) groups is 1. The number of pyridine rings is 1. The molecule has 1 fully saturated rings. The highest BCUT2D eigenvalue weighted by molar-refractivity contribution is 5.74. The highest BCUT2D eigenvalue weighted by Crippen LogP contribution is 2.38. The number of ether oxygens (including phenoxy) is 2. The maximum Gasteiger partial charge on any atom is 0.317 e. The van der Waals surface area contributed by atoms with E-state index in [2.05, 4.69) is 20.4 Å². The minimum Gasteiger partial charge on any atom is -0.385 e. The lowest BCUT2D eigenvalue weighted by Gasteiger charge is -2.39. The minimum atomic E-state index is -0.275. The van der Waals surface area contributed by atoms with E-state index in [9.17, 15) is 4.79 Å². The van der Waals surface area contributed by atoms with Crippen LogP contribution in [-0.4, -0.2) is 73.1 Å². The van der Waals surface area contributed by atoms with Gasteiger partial charge in [0.15, 0.2) is 5.82 Å². The van der Waals surface area contributed by atoms with E-state index in [4.69, 9.17) is 14.0 Å². The fraction of sp³-hybridized carbons (Fsp3) is 0.579. The van der Waals surface area contributed by atoms with Gasteiger partial charge in [0.05, 0.1) is 12.2 Å². The predicted octanol–water partition coefficient (Wildman–Crippen LogP) is 1.86. The van der Waals surface area contributed by atoms with Crippen LogP contribution in [0.1, 0.15) is 25.1 Å². The maximum atomic E-state index is 12.3. The Bertz CT molecular complexity index is 744. The fourth-order valence-electron chi connectivity index (χ4n) is 3.44. The Hall–Kier alpha value is -2.52. The number of rotatable bonds is 8. The second kappa shape index (κ2) is 9.61. The van der Waals surface area contributed by atoms with Gasteiger partial charge < -0.3 is 24.2 Å². The molecular formula is C19H27N5O4. The van der Waals surface area contributed by atoms with Gasteiger partial charge in [0.2, 0.25) is 0 Å². The molecule has 0 bridgehead atoms. The van der Waals surface area contributed by atoms with Crippen LogP contribution in [0.4, 0.5) is 4.79 Å². The second-order valence-electron chi connectivity index (χ2n) is 6.90. The lowest BCUT2D eigenvalue weighted by Crippen LogP contribution is -2.49. The number of piperidine rings is 1. The van der Waals surface area contributed by atoms with Crippen LogP contribution in [0.3, 0.4) is 0 Å². The fourth-order valence-corrected chi connectivity index (χ4v) is 3.44. The van der Waals surface area contributed by atoms with Crippen molar-refractivity contribution in [2.45, 2.75) is 24.7 Å². The van der Waals surface area contributed by atoms with Crippen molar-refractivity contribution in [3.8, 4) is 11.5 Å². The van der Waals surface area contributed by atoms with Crippen LogP contribution in [0.25, 0.3) is 11.5 Å². The molecular weight excluding hydrogens is 362 g/mol. The molecule has 28 heavy (non-hydrogen) atoms. The minimum absolute atomic E-state index is 0.0680. The molecule has 2 amide bonds. The number of hydrogen-bond acceptors (Lipinski definition) is 7. The summed E-state index contributed by atoms with van der Waals surface area (Å²) >= 11 is 0. The summed E-state index contributed by atoms with van der Waals surface area (Å²) in [6.07, 6.45) is 5.68. The summed E-state index contributed by atoms with van der Waals surface area (Å²) in [5, 5.41) is 7.14. The van der Waals surface area contributed by atoms with Crippen molar-refractivity contribution in [2.24, 2.45) is 0 Å². The van der Waals surface area contributed by atoms with E-state index >= 15 is 0 Å². The summed E-state index contributed by atoms with van der Waals surface area (Å²) in [6.45, 7) is 2.84. The first-order valence-corrected chi connectivity index (χ1v) is 9.44. The van der Waals surface area contributed by atoms with Crippen molar-refractivity contribution in [2.75, 3.05) is 47.1 Å². The third-order valence-electron chi connectivity index (χ3n) is 5.18. The van der Waals surface area contributed by atoms with E-state index in [0.29, 0.717) is 44.6 Å². The first kappa shape index (κ1) is 20.2. The zero-order chi connectivity index (χ0) is 19.8. The van der Waals surface area contributed by atoms with Crippen LogP contribution in [-0.2, 0) is 14.9 Å². The lowest BCUT2D eigenvalue weighted by molar-refractivity contribution is 0.113. The van der Waals surface area contributed by atoms with Crippen LogP contribution in [0.2, 0.25) is 0 Å². The van der Waals surface area contributed by atoms with Crippen molar-refractivity contribution in [1.29, 1.82) is 0 Å². The molecule has 0 radical (unpaired) electrons. The molecule has 2 aromatic rings. The van der Waals surface area contributed by atoms with Gasteiger partial charge in [0.1, 0.15) is 0 Å². The normalized spacial score (nSPS) is 16.1. The molecule has 9 nitrogen and oxygen atoms in total. The summed E-state index contributed by atoms with van der Waals surface area (Å²) < 4.78 is 15.8. The Balaban J connectivity index is 1.71. The summed E-state index contributed by atoms with van der Waals surface area (Å²) in [6, 6.07) is 3.65. The number of nitrogens with zero attached hydrogens (tertiary/aromatic N) is 4. The highest BCUT2D eigenvalue weighted by atomic mass is 16.5. The van der Waals surface area contributed by atoms with Crippen molar-refractivity contribution < 1.29 is 18.8 Å². The van der Waals surface area contributed by atoms with Gasteiger partial charge in [-0.2, -0.15) is 4.98 Å². The Morgan fingerprint density at radius 3 is 2.75 bits per heavy atom. The average molecular weight is 389 g/mol. The van der Waals surface area contributed by atoms with Crippen molar-refractivity contribution in [3.05, 3.63) is 30.4 Å². The number of methoxy groups -OCH3 is 2. The number of aromatic nitrogens is 3. The Morgan fingerprint density at radius 1 is 1.29 bits per heavy atom. The quantitative estimate of drug-likeness (QED) is 0.687. The molecule has 2 aromatic heterocycles. The third kappa shape index (κ3) is 4.66. The monoisotopic (exact) mass is 389 g/mol. The number of nitrogens with one attached hydrogen (secondary N) is 1. The number of likely N-dealkylation sites (tertiary alicyclic amines) is 1. The SMILES string of the molecule is COCCNC(=O)N1CCC(CCOC)(c2noc(-c3cccnc3)n2)CC1. The van der Waals surface area contributed by atoms with Gasteiger partial charge >= 0.3 is 6.03 Å². The Labute approximate surface area is 164 Å². The molecule has 9 heteroatoms. The smallest absolute Gasteiger partial charge is 0.317 e. The van der Waals surface area contributed by atoms with E-state index in [1.165, 1.54) is 0 Å². The van der Waals surface area contributed by atoms with Crippen molar-refractivity contribution in [1.82, 2.24) is 25.3 Å². The molecule has 1 aliphatic rings. The molecule has 3 rings (SSSR count). The van der Waals surface area contributed by atoms with Gasteiger partial charge in [-0.05, 0) is 31.4 Å². The van der Waals surface area contributed by atoms with E-state index in [0.717, 1.165) is 24.8 Å². The first-order valence-electron chi connectivity index (χ1n) is 9.44. The molecule has 1 N–H and O–H groups in total. The lowest BCUT2D eigenvalue weighted by atomic mass is 9.75. The molecule has 152 valence electrons. The Morgan fingerprint density at radius 2 is 2.07 bits per heavy atom. The van der Waals surface area contributed by atoms with E-state index < -0.39 is 0 Å². The molecule has 1 saturated heterocycles. The third-order valence-corrected chi connectivity index (χ3v) is 5.18. The summed E-state index contributed by atoms with van der Waals surface area (Å²) in [4.78, 5) is 22.9. The topological polar surface area (TPSA) is 103 Å². The molecule has 1 aliphatic heterocycles. The van der Waals surface area contributed by atoms with Gasteiger partial charge in [-0.15, -0.1) is 0 Å². The van der Waals surface area contributed by atoms with Gasteiger partial charge in [-0.1, -0.05) is 5.16 Å². The van der Waals surface area contributed by atoms with Crippen molar-refractivity contribution >= 4 is 6.03 Å². The van der Waals surface area contributed by atoms with E-state index in [1.54, 1.807) is 26.6 Å². The van der Waals surface area contributed by atoms with Crippen LogP contribution in [0, 0.1) is 0 Å². The largest absolute Gasteiger partial charge is 0.385 e. The summed E-state index contributed by atoms with van der Waals surface area (Å²) in [7, 11) is 3.30. The van der Waals surface area contributed by atoms with Crippen LogP contribution in [0.15, 0.2) is 29.0 Å². The number of amides is 2. The molecule has 0 unspecified atom stereocenters. The number of hydrogen-bond donors (Lipinski definition) is 1. The average Bonchev–Trinajstić information content (AvgIpc) is 3.24. The number of carbonyl (C=O) groups excluding carboxylic acids is 1. The summed E-state index contributed by atoms with van der Waals surface area (Å²) in [5.41, 5.74) is 0.515. The van der Waals surface area contributed by atoms with Crippen molar-refractivity contribution in [3.63, 3.8) is 0 Å².